The fourth-order valence-electron chi connectivity index (χ4n) is 5.17. The van der Waals surface area contributed by atoms with Crippen molar-refractivity contribution in [2.24, 2.45) is 11.7 Å². The van der Waals surface area contributed by atoms with Crippen LogP contribution in [0, 0.1) is 5.92 Å². The molecule has 0 aliphatic carbocycles. The Morgan fingerprint density at radius 1 is 1.14 bits per heavy atom. The molecule has 8 heteroatoms. The molecule has 2 aliphatic rings. The quantitative estimate of drug-likeness (QED) is 0.447. The normalized spacial score (nSPS) is 17.3. The number of fused-ring (bicyclic) bond motifs is 1. The molecule has 1 fully saturated rings. The molecule has 0 bridgehead atoms. The molecule has 2 aliphatic heterocycles. The second kappa shape index (κ2) is 11.4. The molecule has 0 spiro atoms. The van der Waals surface area contributed by atoms with Gasteiger partial charge in [-0.3, -0.25) is 19.3 Å². The van der Waals surface area contributed by atoms with Crippen LogP contribution in [0.2, 0.25) is 0 Å². The van der Waals surface area contributed by atoms with Gasteiger partial charge in [0.1, 0.15) is 17.6 Å². The number of hydrogen-bond donors (Lipinski definition) is 3. The van der Waals surface area contributed by atoms with E-state index in [0.717, 1.165) is 50.2 Å². The van der Waals surface area contributed by atoms with Crippen LogP contribution in [0.4, 0.5) is 5.82 Å². The Morgan fingerprint density at radius 3 is 2.69 bits per heavy atom. The molecule has 4 N–H and O–H groups in total. The molecule has 1 amide bonds. The third-order valence-corrected chi connectivity index (χ3v) is 7.13. The van der Waals surface area contributed by atoms with Crippen molar-refractivity contribution in [1.82, 2.24) is 9.88 Å². The minimum Gasteiger partial charge on any atom is -0.480 e. The second-order valence-corrected chi connectivity index (χ2v) is 9.55. The number of nitrogens with two attached hydrogens (primary N) is 1. The van der Waals surface area contributed by atoms with Gasteiger partial charge in [-0.15, -0.1) is 0 Å². The zero-order valence-corrected chi connectivity index (χ0v) is 20.0. The number of aryl methyl sites for hydroxylation is 2. The van der Waals surface area contributed by atoms with Gasteiger partial charge in [-0.25, -0.2) is 4.98 Å². The number of rotatable bonds is 10. The fourth-order valence-corrected chi connectivity index (χ4v) is 5.17. The predicted octanol–water partition coefficient (Wildman–Crippen LogP) is 3.36. The molecule has 2 aromatic rings. The molecular weight excluding hydrogens is 444 g/mol. The van der Waals surface area contributed by atoms with Crippen molar-refractivity contribution in [3.63, 3.8) is 0 Å². The molecule has 4 rings (SSSR count). The Bertz CT molecular complexity index is 1080. The van der Waals surface area contributed by atoms with E-state index in [1.165, 1.54) is 5.56 Å². The highest BCUT2D eigenvalue weighted by Crippen LogP contribution is 2.29. The SMILES string of the molecule is NC(=O)c1cccc(C(C(=O)O)N2CCC(C(=O)CCCCc3ccc4c(n3)NCCC4)CC2)c1. The molecule has 1 saturated heterocycles. The van der Waals surface area contributed by atoms with Crippen LogP contribution in [0.3, 0.4) is 0 Å². The summed E-state index contributed by atoms with van der Waals surface area (Å²) in [5, 5.41) is 13.2. The van der Waals surface area contributed by atoms with Crippen molar-refractivity contribution in [3.05, 3.63) is 58.8 Å². The van der Waals surface area contributed by atoms with Gasteiger partial charge < -0.3 is 16.2 Å². The number of aromatic nitrogens is 1. The van der Waals surface area contributed by atoms with Crippen molar-refractivity contribution in [1.29, 1.82) is 0 Å². The molecule has 186 valence electrons. The summed E-state index contributed by atoms with van der Waals surface area (Å²) in [4.78, 5) is 42.9. The number of carboxylic acid groups (broad SMARTS) is 1. The van der Waals surface area contributed by atoms with Crippen LogP contribution in [-0.4, -0.2) is 52.3 Å². The molecular formula is C27H34N4O4. The molecule has 1 unspecified atom stereocenters. The Kier molecular flexibility index (Phi) is 8.13. The lowest BCUT2D eigenvalue weighted by molar-refractivity contribution is -0.144. The van der Waals surface area contributed by atoms with Crippen molar-refractivity contribution in [3.8, 4) is 0 Å². The number of carbonyl (C=O) groups is 3. The topological polar surface area (TPSA) is 126 Å². The van der Waals surface area contributed by atoms with Crippen LogP contribution >= 0.6 is 0 Å². The van der Waals surface area contributed by atoms with Crippen LogP contribution in [0.15, 0.2) is 36.4 Å². The number of pyridine rings is 1. The van der Waals surface area contributed by atoms with Gasteiger partial charge in [0.2, 0.25) is 5.91 Å². The van der Waals surface area contributed by atoms with E-state index in [0.29, 0.717) is 43.5 Å². The van der Waals surface area contributed by atoms with Gasteiger partial charge in [-0.1, -0.05) is 18.2 Å². The number of ketones is 1. The highest BCUT2D eigenvalue weighted by molar-refractivity contribution is 5.93. The molecule has 35 heavy (non-hydrogen) atoms. The Hall–Kier alpha value is -3.26. The summed E-state index contributed by atoms with van der Waals surface area (Å²) < 4.78 is 0. The van der Waals surface area contributed by atoms with Gasteiger partial charge in [0.05, 0.1) is 0 Å². The fraction of sp³-hybridized carbons (Fsp3) is 0.481. The van der Waals surface area contributed by atoms with Crippen LogP contribution in [0.25, 0.3) is 0 Å². The first kappa shape index (κ1) is 24.9. The molecule has 1 atom stereocenters. The highest BCUT2D eigenvalue weighted by Gasteiger charge is 2.33. The number of anilines is 1. The zero-order valence-electron chi connectivity index (χ0n) is 20.0. The van der Waals surface area contributed by atoms with E-state index in [1.54, 1.807) is 24.3 Å². The van der Waals surface area contributed by atoms with Gasteiger partial charge in [0, 0.05) is 30.1 Å². The average molecular weight is 479 g/mol. The minimum atomic E-state index is -0.970. The Labute approximate surface area is 205 Å². The summed E-state index contributed by atoms with van der Waals surface area (Å²) in [6.45, 7) is 2.03. The molecule has 0 saturated carbocycles. The number of aliphatic carboxylic acids is 1. The van der Waals surface area contributed by atoms with E-state index in [-0.39, 0.29) is 11.7 Å². The predicted molar refractivity (Wildman–Crippen MR) is 133 cm³/mol. The number of primary amides is 1. The highest BCUT2D eigenvalue weighted by atomic mass is 16.4. The summed E-state index contributed by atoms with van der Waals surface area (Å²) in [6, 6.07) is 9.89. The summed E-state index contributed by atoms with van der Waals surface area (Å²) >= 11 is 0. The van der Waals surface area contributed by atoms with Crippen molar-refractivity contribution < 1.29 is 19.5 Å². The van der Waals surface area contributed by atoms with Gasteiger partial charge in [-0.05, 0) is 87.4 Å². The van der Waals surface area contributed by atoms with E-state index in [4.69, 9.17) is 10.7 Å². The van der Waals surface area contributed by atoms with E-state index < -0.39 is 17.9 Å². The number of amides is 1. The lowest BCUT2D eigenvalue weighted by Gasteiger charge is -2.35. The first-order chi connectivity index (χ1) is 16.9. The van der Waals surface area contributed by atoms with Gasteiger partial charge in [0.25, 0.3) is 0 Å². The van der Waals surface area contributed by atoms with Gasteiger partial charge in [0.15, 0.2) is 0 Å². The first-order valence-electron chi connectivity index (χ1n) is 12.5. The van der Waals surface area contributed by atoms with Gasteiger partial charge in [-0.2, -0.15) is 0 Å². The second-order valence-electron chi connectivity index (χ2n) is 9.55. The van der Waals surface area contributed by atoms with E-state index >= 15 is 0 Å². The number of nitrogens with zero attached hydrogens (tertiary/aromatic N) is 2. The standard InChI is InChI=1S/C27H34N4O4/c28-25(33)21-6-3-5-20(17-21)24(27(34)35)31-15-12-18(13-16-31)23(32)9-2-1-8-22-11-10-19-7-4-14-29-26(19)30-22/h3,5-6,10-11,17-18,24H,1-2,4,7-9,12-16H2,(H2,28,33)(H,29,30)(H,34,35). The number of nitrogens with one attached hydrogen (secondary N) is 1. The zero-order chi connectivity index (χ0) is 24.8. The maximum atomic E-state index is 12.8. The molecule has 8 nitrogen and oxygen atoms in total. The van der Waals surface area contributed by atoms with Crippen molar-refractivity contribution in [2.75, 3.05) is 25.0 Å². The Morgan fingerprint density at radius 2 is 1.94 bits per heavy atom. The number of likely N-dealkylation sites (tertiary alicyclic amines) is 1. The molecule has 1 aromatic carbocycles. The maximum Gasteiger partial charge on any atom is 0.325 e. The molecule has 1 aromatic heterocycles. The average Bonchev–Trinajstić information content (AvgIpc) is 2.87. The summed E-state index contributed by atoms with van der Waals surface area (Å²) in [7, 11) is 0. The summed E-state index contributed by atoms with van der Waals surface area (Å²) in [5.74, 6) is -0.296. The van der Waals surface area contributed by atoms with Crippen LogP contribution < -0.4 is 11.1 Å². The summed E-state index contributed by atoms with van der Waals surface area (Å²) in [5.41, 5.74) is 8.53. The maximum absolute atomic E-state index is 12.8. The summed E-state index contributed by atoms with van der Waals surface area (Å²) in [6.07, 6.45) is 6.70. The number of Topliss-reactive ketones (excluding diaryl/α,β-unsaturated/α-hetero) is 1. The monoisotopic (exact) mass is 478 g/mol. The van der Waals surface area contributed by atoms with Crippen LogP contribution in [-0.2, 0) is 22.4 Å². The molecule has 3 heterocycles. The third kappa shape index (κ3) is 6.25. The number of piperidine rings is 1. The molecule has 0 radical (unpaired) electrons. The van der Waals surface area contributed by atoms with E-state index in [9.17, 15) is 19.5 Å². The number of benzene rings is 1. The van der Waals surface area contributed by atoms with Crippen molar-refractivity contribution >= 4 is 23.5 Å². The van der Waals surface area contributed by atoms with Crippen LogP contribution in [0.1, 0.15) is 71.7 Å². The smallest absolute Gasteiger partial charge is 0.325 e. The minimum absolute atomic E-state index is 0.0243. The van der Waals surface area contributed by atoms with Crippen LogP contribution in [0.5, 0.6) is 0 Å². The van der Waals surface area contributed by atoms with E-state index in [1.807, 2.05) is 4.90 Å². The number of hydrogen-bond acceptors (Lipinski definition) is 6. The van der Waals surface area contributed by atoms with Gasteiger partial charge >= 0.3 is 5.97 Å². The van der Waals surface area contributed by atoms with E-state index in [2.05, 4.69) is 17.4 Å². The largest absolute Gasteiger partial charge is 0.480 e. The Balaban J connectivity index is 1.24. The lowest BCUT2D eigenvalue weighted by Crippen LogP contribution is -2.41. The third-order valence-electron chi connectivity index (χ3n) is 7.13. The number of unbranched alkanes of at least 4 members (excludes halogenated alkanes) is 1. The number of carbonyl (C=O) groups excluding carboxylic acids is 2. The first-order valence-corrected chi connectivity index (χ1v) is 12.5. The lowest BCUT2D eigenvalue weighted by atomic mass is 9.88. The van der Waals surface area contributed by atoms with Crippen molar-refractivity contribution in [2.45, 2.75) is 57.4 Å². The number of carboxylic acids is 1.